The third-order valence-corrected chi connectivity index (χ3v) is 4.99. The molecule has 0 amide bonds. The fourth-order valence-corrected chi connectivity index (χ4v) is 2.42. The van der Waals surface area contributed by atoms with Crippen molar-refractivity contribution in [2.75, 3.05) is 7.05 Å². The van der Waals surface area contributed by atoms with Gasteiger partial charge in [-0.3, -0.25) is 0 Å². The Bertz CT molecular complexity index is 578. The van der Waals surface area contributed by atoms with Gasteiger partial charge in [-0.05, 0) is 45.9 Å². The molecule has 0 aromatic carbocycles. The molecule has 0 heterocycles. The number of hydrogen-bond acceptors (Lipinski definition) is 6. The Kier molecular flexibility index (Phi) is 13.3. The predicted molar refractivity (Wildman–Crippen MR) is 127 cm³/mol. The molecule has 2 aliphatic carbocycles. The molecular weight excluding hydrogens is 362 g/mol. The summed E-state index contributed by atoms with van der Waals surface area (Å²) in [4.78, 5) is 0. The molecule has 4 radical (unpaired) electrons. The summed E-state index contributed by atoms with van der Waals surface area (Å²) in [6.07, 6.45) is 3.68. The molecule has 0 aromatic rings. The highest BCUT2D eigenvalue weighted by Crippen LogP contribution is 2.30. The molecule has 0 aliphatic heterocycles. The number of rotatable bonds is 2. The maximum atomic E-state index is 9.10. The van der Waals surface area contributed by atoms with Crippen LogP contribution in [0.25, 0.3) is 0 Å². The van der Waals surface area contributed by atoms with Gasteiger partial charge in [-0.15, -0.1) is 0 Å². The zero-order valence-electron chi connectivity index (χ0n) is 19.7. The van der Waals surface area contributed by atoms with E-state index in [1.807, 2.05) is 46.9 Å². The standard InChI is InChI=1S/C11H16B2N4.C6H14O2.2C2H6/c1-17-11-7(13)3-4-5(9(11)15)2-6(12)10(16)8(4)14;1-5(2,7)6(3,4)8;2*1-2/h2-3,8-11,17H,14-16H2,1H3;7-8H,1-4H3;2*1-2H3. The summed E-state index contributed by atoms with van der Waals surface area (Å²) >= 11 is 0. The Morgan fingerprint density at radius 2 is 1.10 bits per heavy atom. The largest absolute Gasteiger partial charge is 0.387 e. The van der Waals surface area contributed by atoms with Gasteiger partial charge in [0.1, 0.15) is 15.7 Å². The second kappa shape index (κ2) is 12.7. The van der Waals surface area contributed by atoms with Crippen LogP contribution in [-0.4, -0.2) is 68.3 Å². The van der Waals surface area contributed by atoms with E-state index >= 15 is 0 Å². The Labute approximate surface area is 180 Å². The van der Waals surface area contributed by atoms with Crippen molar-refractivity contribution in [3.05, 3.63) is 34.2 Å². The van der Waals surface area contributed by atoms with Crippen LogP contribution in [0.15, 0.2) is 34.2 Å². The molecule has 0 saturated heterocycles. The van der Waals surface area contributed by atoms with Gasteiger partial charge in [-0.25, -0.2) is 0 Å². The Hall–Kier alpha value is -0.890. The summed E-state index contributed by atoms with van der Waals surface area (Å²) in [5, 5.41) is 21.3. The number of nitrogens with two attached hydrogens (primary N) is 3. The van der Waals surface area contributed by atoms with Crippen molar-refractivity contribution in [3.8, 4) is 0 Å². The van der Waals surface area contributed by atoms with Gasteiger partial charge in [-0.2, -0.15) is 0 Å². The number of aliphatic hydroxyl groups is 2. The maximum Gasteiger partial charge on any atom is 0.110 e. The monoisotopic (exact) mass is 404 g/mol. The van der Waals surface area contributed by atoms with Crippen molar-refractivity contribution >= 4 is 15.7 Å². The highest BCUT2D eigenvalue weighted by atomic mass is 16.3. The molecule has 0 bridgehead atoms. The second-order valence-corrected chi connectivity index (χ2v) is 7.66. The van der Waals surface area contributed by atoms with Crippen molar-refractivity contribution in [2.24, 2.45) is 17.2 Å². The van der Waals surface area contributed by atoms with Crippen LogP contribution < -0.4 is 22.5 Å². The molecule has 164 valence electrons. The highest BCUT2D eigenvalue weighted by molar-refractivity contribution is 6.24. The minimum atomic E-state index is -1.01. The zero-order chi connectivity index (χ0) is 23.7. The highest BCUT2D eigenvalue weighted by Gasteiger charge is 2.33. The Morgan fingerprint density at radius 1 is 0.759 bits per heavy atom. The SMILES string of the molecule is CC.CC.CC(C)(O)C(C)(C)O.[B]C1=CC2=C(C=C([B])C(NC)C2N)C(N)C1N. The van der Waals surface area contributed by atoms with Crippen molar-refractivity contribution < 1.29 is 10.2 Å². The van der Waals surface area contributed by atoms with Crippen LogP contribution >= 0.6 is 0 Å². The van der Waals surface area contributed by atoms with Gasteiger partial charge in [-0.1, -0.05) is 50.8 Å². The number of nitrogens with one attached hydrogen (secondary N) is 1. The summed E-state index contributed by atoms with van der Waals surface area (Å²) < 4.78 is 0. The summed E-state index contributed by atoms with van der Waals surface area (Å²) in [7, 11) is 13.6. The smallest absolute Gasteiger partial charge is 0.110 e. The summed E-state index contributed by atoms with van der Waals surface area (Å²) in [6.45, 7) is 14.3. The minimum absolute atomic E-state index is 0.0978. The first kappa shape index (κ1) is 30.3. The van der Waals surface area contributed by atoms with Gasteiger partial charge < -0.3 is 32.7 Å². The average molecular weight is 404 g/mol. The van der Waals surface area contributed by atoms with E-state index < -0.39 is 11.2 Å². The lowest BCUT2D eigenvalue weighted by atomic mass is 9.68. The summed E-state index contributed by atoms with van der Waals surface area (Å²) in [6, 6.07) is -1.08. The van der Waals surface area contributed by atoms with E-state index in [1.165, 1.54) is 0 Å². The van der Waals surface area contributed by atoms with E-state index in [1.54, 1.807) is 27.7 Å². The zero-order valence-corrected chi connectivity index (χ0v) is 19.7. The van der Waals surface area contributed by atoms with Gasteiger partial charge in [0.15, 0.2) is 0 Å². The molecule has 2 aliphatic rings. The van der Waals surface area contributed by atoms with Gasteiger partial charge in [0.25, 0.3) is 0 Å². The van der Waals surface area contributed by atoms with Gasteiger partial charge >= 0.3 is 0 Å². The number of likely N-dealkylation sites (N-methyl/N-ethyl adjacent to an activating group) is 1. The first-order chi connectivity index (χ1) is 13.2. The molecule has 2 rings (SSSR count). The van der Waals surface area contributed by atoms with Crippen LogP contribution in [0, 0.1) is 0 Å². The van der Waals surface area contributed by atoms with E-state index in [9.17, 15) is 0 Å². The molecule has 0 spiro atoms. The lowest BCUT2D eigenvalue weighted by molar-refractivity contribution is -0.107. The first-order valence-corrected chi connectivity index (χ1v) is 10.3. The third-order valence-electron chi connectivity index (χ3n) is 4.99. The molecular formula is C21H42B2N4O2. The fraction of sp³-hybridized carbons (Fsp3) is 0.714. The number of hydrogen-bond donors (Lipinski definition) is 6. The molecule has 0 aromatic heterocycles. The summed E-state index contributed by atoms with van der Waals surface area (Å²) in [5.74, 6) is 0. The fourth-order valence-electron chi connectivity index (χ4n) is 2.42. The van der Waals surface area contributed by atoms with Crippen molar-refractivity contribution in [2.45, 2.75) is 90.8 Å². The van der Waals surface area contributed by atoms with Crippen LogP contribution in [0.1, 0.15) is 55.4 Å². The topological polar surface area (TPSA) is 131 Å². The Balaban J connectivity index is 0. The van der Waals surface area contributed by atoms with Gasteiger partial charge in [0.05, 0.1) is 11.2 Å². The molecule has 6 nitrogen and oxygen atoms in total. The third kappa shape index (κ3) is 8.04. The molecule has 4 unspecified atom stereocenters. The molecule has 4 atom stereocenters. The van der Waals surface area contributed by atoms with E-state index in [2.05, 4.69) is 5.32 Å². The van der Waals surface area contributed by atoms with Gasteiger partial charge in [0, 0.05) is 24.2 Å². The lowest BCUT2D eigenvalue weighted by Gasteiger charge is -2.38. The minimum Gasteiger partial charge on any atom is -0.387 e. The van der Waals surface area contributed by atoms with E-state index in [0.717, 1.165) is 11.1 Å². The van der Waals surface area contributed by atoms with Crippen molar-refractivity contribution in [3.63, 3.8) is 0 Å². The van der Waals surface area contributed by atoms with Crippen LogP contribution in [0.2, 0.25) is 0 Å². The summed E-state index contributed by atoms with van der Waals surface area (Å²) in [5.41, 5.74) is 19.2. The van der Waals surface area contributed by atoms with Crippen LogP contribution in [-0.2, 0) is 0 Å². The van der Waals surface area contributed by atoms with Crippen molar-refractivity contribution in [1.29, 1.82) is 0 Å². The molecule has 0 saturated carbocycles. The average Bonchev–Trinajstić information content (AvgIpc) is 2.64. The van der Waals surface area contributed by atoms with Crippen molar-refractivity contribution in [1.82, 2.24) is 5.32 Å². The lowest BCUT2D eigenvalue weighted by Crippen LogP contribution is -2.53. The molecule has 9 N–H and O–H groups in total. The molecule has 8 heteroatoms. The predicted octanol–water partition coefficient (Wildman–Crippen LogP) is 0.566. The first-order valence-electron chi connectivity index (χ1n) is 10.3. The van der Waals surface area contributed by atoms with Gasteiger partial charge in [0.2, 0.25) is 0 Å². The normalized spacial score (nSPS) is 26.3. The molecule has 29 heavy (non-hydrogen) atoms. The Morgan fingerprint density at radius 3 is 1.45 bits per heavy atom. The van der Waals surface area contributed by atoms with Crippen LogP contribution in [0.4, 0.5) is 0 Å². The quantitative estimate of drug-likeness (QED) is 0.373. The van der Waals surface area contributed by atoms with E-state index in [-0.39, 0.29) is 24.2 Å². The maximum absolute atomic E-state index is 9.10. The molecule has 0 fully saturated rings. The second-order valence-electron chi connectivity index (χ2n) is 7.66. The van der Waals surface area contributed by atoms with E-state index in [0.29, 0.717) is 10.9 Å². The van der Waals surface area contributed by atoms with Crippen LogP contribution in [0.5, 0.6) is 0 Å². The van der Waals surface area contributed by atoms with Crippen LogP contribution in [0.3, 0.4) is 0 Å². The van der Waals surface area contributed by atoms with E-state index in [4.69, 9.17) is 43.1 Å².